The van der Waals surface area contributed by atoms with Crippen LogP contribution in [0.1, 0.15) is 23.5 Å². The number of anilines is 1. The van der Waals surface area contributed by atoms with Crippen molar-refractivity contribution in [3.8, 4) is 17.2 Å². The third-order valence-electron chi connectivity index (χ3n) is 6.84. The molecule has 2 aromatic heterocycles. The summed E-state index contributed by atoms with van der Waals surface area (Å²) in [6.07, 6.45) is 3.91. The number of aromatic nitrogens is 2. The highest BCUT2D eigenvalue weighted by Gasteiger charge is 2.43. The molecule has 2 atom stereocenters. The number of hydrogen-bond acceptors (Lipinski definition) is 4. The largest absolute Gasteiger partial charge is 0.497 e. The maximum atomic E-state index is 5.93. The Morgan fingerprint density at radius 1 is 0.838 bits per heavy atom. The van der Waals surface area contributed by atoms with Crippen molar-refractivity contribution >= 4 is 33.8 Å². The summed E-state index contributed by atoms with van der Waals surface area (Å²) in [5, 5.41) is 6.54. The van der Waals surface area contributed by atoms with E-state index in [9.17, 15) is 0 Å². The number of hydrogen-bond donors (Lipinski definition) is 1. The number of benzene rings is 3. The average molecular weight is 507 g/mol. The molecule has 0 saturated carbocycles. The number of nitrogens with one attached hydrogen (secondary N) is 1. The van der Waals surface area contributed by atoms with Crippen LogP contribution in [0.15, 0.2) is 103 Å². The van der Waals surface area contributed by atoms with Crippen LogP contribution in [0, 0.1) is 0 Å². The highest BCUT2D eigenvalue weighted by atomic mass is 32.1. The van der Waals surface area contributed by atoms with Crippen LogP contribution >= 0.6 is 12.2 Å². The van der Waals surface area contributed by atoms with Gasteiger partial charge in [-0.1, -0.05) is 36.4 Å². The molecule has 7 heteroatoms. The van der Waals surface area contributed by atoms with Crippen LogP contribution in [0.4, 0.5) is 5.69 Å². The number of pyridine rings is 1. The number of thiocarbonyl (C=S) groups is 1. The Labute approximate surface area is 221 Å². The molecule has 1 N–H and O–H groups in total. The van der Waals surface area contributed by atoms with Gasteiger partial charge >= 0.3 is 0 Å². The van der Waals surface area contributed by atoms with Crippen LogP contribution in [-0.4, -0.2) is 28.9 Å². The monoisotopic (exact) mass is 506 g/mol. The van der Waals surface area contributed by atoms with E-state index in [-0.39, 0.29) is 12.1 Å². The van der Waals surface area contributed by atoms with Gasteiger partial charge in [0.1, 0.15) is 17.5 Å². The van der Waals surface area contributed by atoms with E-state index >= 15 is 0 Å². The minimum Gasteiger partial charge on any atom is -0.497 e. The van der Waals surface area contributed by atoms with Gasteiger partial charge in [0.05, 0.1) is 31.6 Å². The van der Waals surface area contributed by atoms with Gasteiger partial charge in [-0.15, -0.1) is 0 Å². The van der Waals surface area contributed by atoms with E-state index in [0.29, 0.717) is 10.9 Å². The second-order valence-electron chi connectivity index (χ2n) is 8.87. The lowest BCUT2D eigenvalue weighted by Crippen LogP contribution is -2.30. The first-order valence-electron chi connectivity index (χ1n) is 12.1. The molecule has 1 aliphatic rings. The Bertz CT molecular complexity index is 1580. The van der Waals surface area contributed by atoms with Crippen LogP contribution in [0.3, 0.4) is 0 Å². The Balaban J connectivity index is 1.52. The number of nitrogens with zero attached hydrogens (tertiary/aromatic N) is 3. The molecule has 6 rings (SSSR count). The van der Waals surface area contributed by atoms with Gasteiger partial charge in [-0.25, -0.2) is 0 Å². The summed E-state index contributed by atoms with van der Waals surface area (Å²) in [5.74, 6) is 1.40. The van der Waals surface area contributed by atoms with Crippen LogP contribution in [0.5, 0.6) is 11.5 Å². The number of fused-ring (bicyclic) bond motifs is 1. The predicted molar refractivity (Wildman–Crippen MR) is 151 cm³/mol. The molecule has 5 aromatic rings. The maximum Gasteiger partial charge on any atom is 0.174 e. The Morgan fingerprint density at radius 2 is 1.68 bits per heavy atom. The minimum absolute atomic E-state index is 0.172. The molecule has 1 aliphatic heterocycles. The molecule has 0 aliphatic carbocycles. The van der Waals surface area contributed by atoms with Crippen LogP contribution in [0.25, 0.3) is 16.5 Å². The summed E-state index contributed by atoms with van der Waals surface area (Å²) in [4.78, 5) is 6.81. The minimum atomic E-state index is -0.189. The van der Waals surface area contributed by atoms with E-state index in [2.05, 4.69) is 80.6 Å². The molecule has 37 heavy (non-hydrogen) atoms. The fraction of sp³-hybridized carbons (Fsp3) is 0.133. The lowest BCUT2D eigenvalue weighted by molar-refractivity contribution is 0.394. The Morgan fingerprint density at radius 3 is 2.46 bits per heavy atom. The van der Waals surface area contributed by atoms with Crippen LogP contribution in [0.2, 0.25) is 0 Å². The van der Waals surface area contributed by atoms with Crippen molar-refractivity contribution in [2.75, 3.05) is 19.1 Å². The fourth-order valence-corrected chi connectivity index (χ4v) is 5.43. The van der Waals surface area contributed by atoms with Gasteiger partial charge in [0.25, 0.3) is 0 Å². The van der Waals surface area contributed by atoms with Crippen molar-refractivity contribution < 1.29 is 9.47 Å². The molecule has 0 amide bonds. The third kappa shape index (κ3) is 4.07. The lowest BCUT2D eigenvalue weighted by Gasteiger charge is -2.30. The summed E-state index contributed by atoms with van der Waals surface area (Å²) in [7, 11) is 3.31. The molecule has 184 valence electrons. The lowest BCUT2D eigenvalue weighted by atomic mass is 10.0. The molecule has 6 nitrogen and oxygen atoms in total. The first kappa shape index (κ1) is 23.1. The van der Waals surface area contributed by atoms with E-state index in [4.69, 9.17) is 21.7 Å². The normalized spacial score (nSPS) is 17.1. The molecule has 0 bridgehead atoms. The van der Waals surface area contributed by atoms with Gasteiger partial charge in [0.2, 0.25) is 0 Å². The number of ether oxygens (including phenoxy) is 2. The van der Waals surface area contributed by atoms with Crippen molar-refractivity contribution in [3.05, 3.63) is 115 Å². The van der Waals surface area contributed by atoms with Gasteiger partial charge in [-0.2, -0.15) is 0 Å². The molecular formula is C30H26N4O2S. The van der Waals surface area contributed by atoms with E-state index < -0.39 is 0 Å². The first-order valence-corrected chi connectivity index (χ1v) is 12.5. The molecule has 1 fully saturated rings. The second-order valence-corrected chi connectivity index (χ2v) is 9.26. The van der Waals surface area contributed by atoms with E-state index in [1.165, 1.54) is 10.8 Å². The summed E-state index contributed by atoms with van der Waals surface area (Å²) >= 11 is 5.93. The molecule has 0 spiro atoms. The SMILES string of the molecule is COc1ccc(N2C(=S)NC(c3ccccn3)C2c2cccn2-c2ccc3ccccc3c2)c(OC)c1. The van der Waals surface area contributed by atoms with Gasteiger partial charge in [0, 0.05) is 29.8 Å². The number of methoxy groups -OCH3 is 2. The van der Waals surface area contributed by atoms with Crippen molar-refractivity contribution in [3.63, 3.8) is 0 Å². The molecule has 0 radical (unpaired) electrons. The average Bonchev–Trinajstić information content (AvgIpc) is 3.57. The van der Waals surface area contributed by atoms with Gasteiger partial charge in [0.15, 0.2) is 5.11 Å². The van der Waals surface area contributed by atoms with Crippen LogP contribution in [-0.2, 0) is 0 Å². The quantitative estimate of drug-likeness (QED) is 0.276. The van der Waals surface area contributed by atoms with E-state index in [0.717, 1.165) is 28.5 Å². The zero-order chi connectivity index (χ0) is 25.4. The molecule has 3 heterocycles. The first-order chi connectivity index (χ1) is 18.2. The number of rotatable bonds is 6. The topological polar surface area (TPSA) is 51.5 Å². The van der Waals surface area contributed by atoms with Gasteiger partial charge in [-0.05, 0) is 71.5 Å². The van der Waals surface area contributed by atoms with Gasteiger partial charge in [-0.3, -0.25) is 4.98 Å². The Hall–Kier alpha value is -4.36. The highest BCUT2D eigenvalue weighted by Crippen LogP contribution is 2.45. The summed E-state index contributed by atoms with van der Waals surface area (Å²) < 4.78 is 13.5. The van der Waals surface area contributed by atoms with Crippen molar-refractivity contribution in [1.29, 1.82) is 0 Å². The standard InChI is InChI=1S/C30H26N4O2S/c1-35-23-14-15-25(27(19-23)36-2)34-29(28(32-30(34)37)24-10-5-6-16-31-24)26-11-7-17-33(26)22-13-12-20-8-3-4-9-21(20)18-22/h3-19,28-29H,1-2H3,(H,32,37). The van der Waals surface area contributed by atoms with E-state index in [1.54, 1.807) is 14.2 Å². The molecule has 2 unspecified atom stereocenters. The zero-order valence-corrected chi connectivity index (χ0v) is 21.4. The Kier molecular flexibility index (Phi) is 5.98. The summed E-state index contributed by atoms with van der Waals surface area (Å²) in [5.41, 5.74) is 3.93. The van der Waals surface area contributed by atoms with Crippen molar-refractivity contribution in [1.82, 2.24) is 14.9 Å². The fourth-order valence-electron chi connectivity index (χ4n) is 5.10. The smallest absolute Gasteiger partial charge is 0.174 e. The van der Waals surface area contributed by atoms with Crippen molar-refractivity contribution in [2.24, 2.45) is 0 Å². The van der Waals surface area contributed by atoms with Crippen molar-refractivity contribution in [2.45, 2.75) is 12.1 Å². The summed E-state index contributed by atoms with van der Waals surface area (Å²) in [6.45, 7) is 0. The molecular weight excluding hydrogens is 480 g/mol. The van der Waals surface area contributed by atoms with Gasteiger partial charge < -0.3 is 24.3 Å². The molecule has 3 aromatic carbocycles. The maximum absolute atomic E-state index is 5.93. The van der Waals surface area contributed by atoms with E-state index in [1.807, 2.05) is 42.6 Å². The summed E-state index contributed by atoms with van der Waals surface area (Å²) in [6, 6.07) is 30.5. The predicted octanol–water partition coefficient (Wildman–Crippen LogP) is 6.22. The highest BCUT2D eigenvalue weighted by molar-refractivity contribution is 7.80. The van der Waals surface area contributed by atoms with Crippen LogP contribution < -0.4 is 19.7 Å². The third-order valence-corrected chi connectivity index (χ3v) is 7.15. The zero-order valence-electron chi connectivity index (χ0n) is 20.5. The second kappa shape index (κ2) is 9.59. The molecule has 1 saturated heterocycles.